The third kappa shape index (κ3) is 3.19. The zero-order chi connectivity index (χ0) is 13.2. The second-order valence-corrected chi connectivity index (χ2v) is 4.06. The minimum Gasteiger partial charge on any atom is -0.294 e. The molecule has 17 heavy (non-hydrogen) atoms. The Morgan fingerprint density at radius 2 is 2.06 bits per heavy atom. The highest BCUT2D eigenvalue weighted by atomic mass is 35.5. The van der Waals surface area contributed by atoms with E-state index in [0.29, 0.717) is 6.42 Å². The predicted molar refractivity (Wildman–Crippen MR) is 58.0 cm³/mol. The second-order valence-electron chi connectivity index (χ2n) is 3.71. The lowest BCUT2D eigenvalue weighted by atomic mass is 9.98. The van der Waals surface area contributed by atoms with Gasteiger partial charge in [0, 0.05) is 5.92 Å². The van der Waals surface area contributed by atoms with Crippen LogP contribution in [0.15, 0.2) is 12.1 Å². The molecule has 0 bridgehead atoms. The molecule has 0 aromatic carbocycles. The third-order valence-corrected chi connectivity index (χ3v) is 2.75. The van der Waals surface area contributed by atoms with Crippen LogP contribution in [0.25, 0.3) is 0 Å². The molecule has 2 nitrogen and oxygen atoms in total. The quantitative estimate of drug-likeness (QED) is 0.611. The lowest BCUT2D eigenvalue weighted by molar-refractivity contribution is -0.141. The number of carbonyl (C=O) groups is 1. The summed E-state index contributed by atoms with van der Waals surface area (Å²) in [6.45, 7) is 3.50. The van der Waals surface area contributed by atoms with Crippen molar-refractivity contribution in [1.29, 1.82) is 0 Å². The number of rotatable bonds is 3. The Bertz CT molecular complexity index is 431. The van der Waals surface area contributed by atoms with E-state index < -0.39 is 17.0 Å². The van der Waals surface area contributed by atoms with Gasteiger partial charge in [0.1, 0.15) is 10.8 Å². The molecule has 0 saturated carbocycles. The Hall–Kier alpha value is -1.10. The number of pyridine rings is 1. The van der Waals surface area contributed by atoms with Crippen LogP contribution in [-0.4, -0.2) is 10.8 Å². The summed E-state index contributed by atoms with van der Waals surface area (Å²) in [6.07, 6.45) is -3.96. The Kier molecular flexibility index (Phi) is 4.14. The third-order valence-electron chi connectivity index (χ3n) is 2.46. The molecule has 0 radical (unpaired) electrons. The van der Waals surface area contributed by atoms with Gasteiger partial charge in [0.15, 0.2) is 5.78 Å². The molecule has 0 aliphatic heterocycles. The van der Waals surface area contributed by atoms with Crippen molar-refractivity contribution in [3.63, 3.8) is 0 Å². The van der Waals surface area contributed by atoms with Crippen LogP contribution in [0.4, 0.5) is 13.2 Å². The van der Waals surface area contributed by atoms with Crippen LogP contribution in [0, 0.1) is 5.92 Å². The zero-order valence-electron chi connectivity index (χ0n) is 9.31. The van der Waals surface area contributed by atoms with Gasteiger partial charge in [-0.25, -0.2) is 4.98 Å². The fourth-order valence-corrected chi connectivity index (χ4v) is 1.47. The van der Waals surface area contributed by atoms with Crippen LogP contribution in [-0.2, 0) is 6.18 Å². The minimum absolute atomic E-state index is 0.0361. The summed E-state index contributed by atoms with van der Waals surface area (Å²) in [6, 6.07) is 1.84. The van der Waals surface area contributed by atoms with Gasteiger partial charge in [-0.1, -0.05) is 25.4 Å². The van der Waals surface area contributed by atoms with E-state index in [1.54, 1.807) is 6.92 Å². The number of aromatic nitrogens is 1. The molecule has 0 amide bonds. The van der Waals surface area contributed by atoms with E-state index in [1.165, 1.54) is 0 Å². The first-order valence-corrected chi connectivity index (χ1v) is 5.43. The van der Waals surface area contributed by atoms with Gasteiger partial charge in [0.2, 0.25) is 0 Å². The predicted octanol–water partition coefficient (Wildman–Crippen LogP) is 3.98. The maximum absolute atomic E-state index is 12.3. The lowest BCUT2D eigenvalue weighted by Crippen LogP contribution is -2.14. The fourth-order valence-electron chi connectivity index (χ4n) is 1.23. The highest BCUT2D eigenvalue weighted by molar-refractivity contribution is 6.32. The molecular weight excluding hydrogens is 255 g/mol. The number of alkyl halides is 3. The molecule has 1 rings (SSSR count). The average molecular weight is 266 g/mol. The van der Waals surface area contributed by atoms with Gasteiger partial charge < -0.3 is 0 Å². The molecule has 0 spiro atoms. The van der Waals surface area contributed by atoms with E-state index in [4.69, 9.17) is 11.6 Å². The highest BCUT2D eigenvalue weighted by Gasteiger charge is 2.33. The second kappa shape index (κ2) is 5.04. The summed E-state index contributed by atoms with van der Waals surface area (Å²) < 4.78 is 37.0. The zero-order valence-corrected chi connectivity index (χ0v) is 10.1. The molecule has 0 aliphatic carbocycles. The molecule has 0 aliphatic rings. The molecule has 94 valence electrons. The van der Waals surface area contributed by atoms with E-state index in [9.17, 15) is 18.0 Å². The summed E-state index contributed by atoms with van der Waals surface area (Å²) in [5.74, 6) is -0.579. The Morgan fingerprint density at radius 1 is 1.47 bits per heavy atom. The normalized spacial score (nSPS) is 13.5. The molecule has 6 heteroatoms. The van der Waals surface area contributed by atoms with Crippen molar-refractivity contribution in [2.45, 2.75) is 26.4 Å². The van der Waals surface area contributed by atoms with Crippen LogP contribution in [0.5, 0.6) is 0 Å². The van der Waals surface area contributed by atoms with Crippen LogP contribution in [0.2, 0.25) is 5.15 Å². The Labute approximate surface area is 102 Å². The number of hydrogen-bond donors (Lipinski definition) is 0. The maximum atomic E-state index is 12.3. The van der Waals surface area contributed by atoms with Gasteiger partial charge in [0.05, 0.1) is 5.56 Å². The summed E-state index contributed by atoms with van der Waals surface area (Å²) in [5, 5.41) is -0.398. The summed E-state index contributed by atoms with van der Waals surface area (Å²) in [5.41, 5.74) is -1.06. The first kappa shape index (κ1) is 14.0. The minimum atomic E-state index is -4.55. The van der Waals surface area contributed by atoms with Gasteiger partial charge in [-0.3, -0.25) is 4.79 Å². The number of halogens is 4. The van der Waals surface area contributed by atoms with Gasteiger partial charge in [-0.2, -0.15) is 13.2 Å². The number of ketones is 1. The molecule has 1 unspecified atom stereocenters. The molecule has 0 saturated heterocycles. The number of hydrogen-bond acceptors (Lipinski definition) is 2. The van der Waals surface area contributed by atoms with Crippen molar-refractivity contribution >= 4 is 17.4 Å². The number of nitrogens with zero attached hydrogens (tertiary/aromatic N) is 1. The van der Waals surface area contributed by atoms with Gasteiger partial charge in [-0.05, 0) is 18.6 Å². The number of carbonyl (C=O) groups excluding carboxylic acids is 1. The Balaban J connectivity index is 3.11. The van der Waals surface area contributed by atoms with Crippen molar-refractivity contribution in [3.05, 3.63) is 28.5 Å². The molecule has 0 N–H and O–H groups in total. The highest BCUT2D eigenvalue weighted by Crippen LogP contribution is 2.30. The SMILES string of the molecule is CCC(C)C(=O)c1ccc(C(F)(F)F)nc1Cl. The van der Waals surface area contributed by atoms with Crippen LogP contribution in [0.1, 0.15) is 36.3 Å². The van der Waals surface area contributed by atoms with Crippen LogP contribution < -0.4 is 0 Å². The van der Waals surface area contributed by atoms with Crippen LogP contribution in [0.3, 0.4) is 0 Å². The molecule has 0 fully saturated rings. The van der Waals surface area contributed by atoms with Crippen LogP contribution >= 0.6 is 11.6 Å². The van der Waals surface area contributed by atoms with E-state index in [0.717, 1.165) is 12.1 Å². The van der Waals surface area contributed by atoms with Gasteiger partial charge in [-0.15, -0.1) is 0 Å². The molecular formula is C11H11ClF3NO. The van der Waals surface area contributed by atoms with Gasteiger partial charge >= 0.3 is 6.18 Å². The summed E-state index contributed by atoms with van der Waals surface area (Å²) >= 11 is 5.60. The molecule has 1 aromatic heterocycles. The molecule has 1 aromatic rings. The van der Waals surface area contributed by atoms with E-state index in [1.807, 2.05) is 6.92 Å². The summed E-state index contributed by atoms with van der Waals surface area (Å²) in [7, 11) is 0. The summed E-state index contributed by atoms with van der Waals surface area (Å²) in [4.78, 5) is 15.0. The van der Waals surface area contributed by atoms with Gasteiger partial charge in [0.25, 0.3) is 0 Å². The molecule has 1 atom stereocenters. The smallest absolute Gasteiger partial charge is 0.294 e. The van der Waals surface area contributed by atoms with E-state index in [2.05, 4.69) is 4.98 Å². The van der Waals surface area contributed by atoms with Crippen molar-refractivity contribution in [2.24, 2.45) is 5.92 Å². The Morgan fingerprint density at radius 3 is 2.47 bits per heavy atom. The first-order valence-electron chi connectivity index (χ1n) is 5.05. The molecule has 1 heterocycles. The van der Waals surface area contributed by atoms with Crippen molar-refractivity contribution in [1.82, 2.24) is 4.98 Å². The number of Topliss-reactive ketones (excluding diaryl/α,β-unsaturated/α-hetero) is 1. The van der Waals surface area contributed by atoms with Crippen molar-refractivity contribution in [3.8, 4) is 0 Å². The average Bonchev–Trinajstić information content (AvgIpc) is 2.25. The van der Waals surface area contributed by atoms with Crippen molar-refractivity contribution in [2.75, 3.05) is 0 Å². The van der Waals surface area contributed by atoms with E-state index in [-0.39, 0.29) is 17.3 Å². The lowest BCUT2D eigenvalue weighted by Gasteiger charge is -2.11. The van der Waals surface area contributed by atoms with Crippen molar-refractivity contribution < 1.29 is 18.0 Å². The van der Waals surface area contributed by atoms with E-state index >= 15 is 0 Å². The maximum Gasteiger partial charge on any atom is 0.433 e. The monoisotopic (exact) mass is 265 g/mol. The first-order chi connectivity index (χ1) is 7.77. The largest absolute Gasteiger partial charge is 0.433 e. The standard InChI is InChI=1S/C11H11ClF3NO/c1-3-6(2)9(17)7-4-5-8(11(13,14)15)16-10(7)12/h4-6H,3H2,1-2H3. The topological polar surface area (TPSA) is 30.0 Å². The fraction of sp³-hybridized carbons (Fsp3) is 0.455.